The number of carbonyl (C=O) groups excluding carboxylic acids is 5. The fraction of sp³-hybridized carbons (Fsp3) is 0.815. The third-order valence-corrected chi connectivity index (χ3v) is 7.91. The zero-order chi connectivity index (χ0) is 30.9. The van der Waals surface area contributed by atoms with Crippen LogP contribution in [0.25, 0.3) is 0 Å². The Kier molecular flexibility index (Phi) is 10.2. The van der Waals surface area contributed by atoms with Gasteiger partial charge in [0.25, 0.3) is 23.4 Å². The maximum Gasteiger partial charge on any atom is 0.291 e. The van der Waals surface area contributed by atoms with Crippen molar-refractivity contribution >= 4 is 41.1 Å². The van der Waals surface area contributed by atoms with Gasteiger partial charge in [0.05, 0.1) is 19.0 Å². The molecule has 0 aromatic heterocycles. The number of hydrazine groups is 1. The third kappa shape index (κ3) is 8.26. The molecule has 0 radical (unpaired) electrons. The molecule has 10 nitrogen and oxygen atoms in total. The maximum absolute atomic E-state index is 13.8. The van der Waals surface area contributed by atoms with Crippen LogP contribution in [0.2, 0.25) is 0 Å². The van der Waals surface area contributed by atoms with E-state index in [-0.39, 0.29) is 30.8 Å². The number of nitrogens with zero attached hydrogens (tertiary/aromatic N) is 2. The third-order valence-electron chi connectivity index (χ3n) is 7.73. The van der Waals surface area contributed by atoms with Gasteiger partial charge in [-0.25, -0.2) is 18.2 Å². The van der Waals surface area contributed by atoms with Gasteiger partial charge in [-0.05, 0) is 50.9 Å². The summed E-state index contributed by atoms with van der Waals surface area (Å²) in [5.41, 5.74) is -0.632. The molecule has 14 heteroatoms. The van der Waals surface area contributed by atoms with Gasteiger partial charge >= 0.3 is 0 Å². The van der Waals surface area contributed by atoms with Crippen LogP contribution in [-0.2, 0) is 24.0 Å². The first-order chi connectivity index (χ1) is 18.9. The van der Waals surface area contributed by atoms with Gasteiger partial charge in [-0.3, -0.25) is 29.4 Å². The van der Waals surface area contributed by atoms with Crippen LogP contribution in [0, 0.1) is 29.6 Å². The molecule has 2 saturated carbocycles. The highest BCUT2D eigenvalue weighted by molar-refractivity contribution is 6.29. The van der Waals surface area contributed by atoms with Crippen LogP contribution in [0.1, 0.15) is 66.7 Å². The summed E-state index contributed by atoms with van der Waals surface area (Å²) in [4.78, 5) is 64.4. The van der Waals surface area contributed by atoms with Gasteiger partial charge in [-0.2, -0.15) is 0 Å². The summed E-state index contributed by atoms with van der Waals surface area (Å²) in [6.07, 6.45) is 2.02. The van der Waals surface area contributed by atoms with Crippen LogP contribution in [0.4, 0.5) is 13.2 Å². The molecule has 5 amide bonds. The minimum atomic E-state index is -3.07. The second kappa shape index (κ2) is 12.7. The number of carbonyl (C=O) groups is 5. The van der Waals surface area contributed by atoms with Crippen LogP contribution < -0.4 is 16.1 Å². The van der Waals surface area contributed by atoms with Crippen molar-refractivity contribution in [2.45, 2.75) is 89.9 Å². The van der Waals surface area contributed by atoms with Crippen molar-refractivity contribution < 1.29 is 37.1 Å². The summed E-state index contributed by atoms with van der Waals surface area (Å²) in [6, 6.07) is -1.02. The average molecular weight is 608 g/mol. The van der Waals surface area contributed by atoms with Crippen LogP contribution in [-0.4, -0.2) is 82.2 Å². The van der Waals surface area contributed by atoms with Crippen molar-refractivity contribution in [3.63, 3.8) is 0 Å². The zero-order valence-electron chi connectivity index (χ0n) is 24.1. The van der Waals surface area contributed by atoms with Crippen molar-refractivity contribution in [1.29, 1.82) is 0 Å². The Bertz CT molecular complexity index is 1040. The highest BCUT2D eigenvalue weighted by Gasteiger charge is 2.61. The monoisotopic (exact) mass is 607 g/mol. The largest absolute Gasteiger partial charge is 0.351 e. The molecule has 2 heterocycles. The van der Waals surface area contributed by atoms with E-state index >= 15 is 0 Å². The lowest BCUT2D eigenvalue weighted by molar-refractivity contribution is -0.149. The van der Waals surface area contributed by atoms with E-state index in [1.807, 2.05) is 0 Å². The van der Waals surface area contributed by atoms with E-state index < -0.39 is 71.6 Å². The second-order valence-corrected chi connectivity index (χ2v) is 13.2. The van der Waals surface area contributed by atoms with Gasteiger partial charge in [0.2, 0.25) is 17.7 Å². The van der Waals surface area contributed by atoms with Crippen LogP contribution in [0.3, 0.4) is 0 Å². The van der Waals surface area contributed by atoms with Crippen molar-refractivity contribution in [2.75, 3.05) is 19.6 Å². The number of hydrogen-bond donors (Lipinski definition) is 3. The fourth-order valence-electron chi connectivity index (χ4n) is 5.85. The van der Waals surface area contributed by atoms with Gasteiger partial charge in [-0.1, -0.05) is 38.8 Å². The summed E-state index contributed by atoms with van der Waals surface area (Å²) in [7, 11) is 0. The molecule has 6 atom stereocenters. The summed E-state index contributed by atoms with van der Waals surface area (Å²) in [5, 5.41) is 5.67. The van der Waals surface area contributed by atoms with Crippen molar-refractivity contribution in [1.82, 2.24) is 26.0 Å². The molecule has 0 bridgehead atoms. The minimum Gasteiger partial charge on any atom is -0.351 e. The van der Waals surface area contributed by atoms with E-state index in [9.17, 15) is 37.1 Å². The summed E-state index contributed by atoms with van der Waals surface area (Å²) in [5.74, 6) is -8.52. The average Bonchev–Trinajstić information content (AvgIpc) is 3.15. The molecule has 0 aromatic rings. The molecular formula is C27H41ClF3N5O5. The van der Waals surface area contributed by atoms with E-state index in [2.05, 4.69) is 36.8 Å². The number of nitrogens with one attached hydrogen (secondary N) is 3. The van der Waals surface area contributed by atoms with E-state index in [4.69, 9.17) is 11.6 Å². The van der Waals surface area contributed by atoms with Crippen molar-refractivity contribution in [3.8, 4) is 0 Å². The van der Waals surface area contributed by atoms with Gasteiger partial charge < -0.3 is 15.5 Å². The standard InChI is InChI=1S/C23H31ClF3N5O5.C4H10/c1-22(2)6-12(18(34)29-22)10-32(21(37)17(24)25)30-20(36)16-13-5-3-4-11(13)9-31(16)15(33)8-28-19(35)14-7-23(14,26)27;1-4(2)3/h11-14,16-17H,3-10H2,1-2H3,(H,28,35)(H,29,34)(H,30,36);4H,1-3H3/t11-,12?,13-,14-,16-,17?;/m0./s1. The fourth-order valence-corrected chi connectivity index (χ4v) is 5.97. The Labute approximate surface area is 243 Å². The first-order valence-corrected chi connectivity index (χ1v) is 14.5. The zero-order valence-corrected chi connectivity index (χ0v) is 24.9. The number of fused-ring (bicyclic) bond motifs is 1. The molecule has 4 rings (SSSR count). The molecule has 2 unspecified atom stereocenters. The van der Waals surface area contributed by atoms with E-state index in [0.717, 1.165) is 18.8 Å². The number of alkyl halides is 4. The lowest BCUT2D eigenvalue weighted by Crippen LogP contribution is -2.58. The van der Waals surface area contributed by atoms with Gasteiger partial charge in [0.15, 0.2) is 0 Å². The molecular weight excluding hydrogens is 567 g/mol. The van der Waals surface area contributed by atoms with Gasteiger partial charge in [0.1, 0.15) is 12.0 Å². The number of halogens is 4. The second-order valence-electron chi connectivity index (χ2n) is 12.8. The van der Waals surface area contributed by atoms with Gasteiger partial charge in [0, 0.05) is 18.5 Å². The highest BCUT2D eigenvalue weighted by atomic mass is 35.5. The molecule has 4 aliphatic rings. The molecule has 41 heavy (non-hydrogen) atoms. The number of amides is 5. The predicted molar refractivity (Wildman–Crippen MR) is 144 cm³/mol. The Balaban J connectivity index is 0.00000108. The molecule has 2 aliphatic carbocycles. The molecule has 0 spiro atoms. The molecule has 4 fully saturated rings. The summed E-state index contributed by atoms with van der Waals surface area (Å²) in [6.45, 7) is 9.45. The first-order valence-electron chi connectivity index (χ1n) is 14.1. The van der Waals surface area contributed by atoms with E-state index in [1.54, 1.807) is 13.8 Å². The molecule has 2 aliphatic heterocycles. The minimum absolute atomic E-state index is 0.00989. The smallest absolute Gasteiger partial charge is 0.291 e. The van der Waals surface area contributed by atoms with Crippen LogP contribution >= 0.6 is 11.6 Å². The first kappa shape index (κ1) is 32.9. The molecule has 2 saturated heterocycles. The van der Waals surface area contributed by atoms with Crippen LogP contribution in [0.5, 0.6) is 0 Å². The topological polar surface area (TPSA) is 128 Å². The van der Waals surface area contributed by atoms with Crippen molar-refractivity contribution in [2.24, 2.45) is 29.6 Å². The molecule has 3 N–H and O–H groups in total. The van der Waals surface area contributed by atoms with E-state index in [1.165, 1.54) is 4.90 Å². The Hall–Kier alpha value is -2.57. The van der Waals surface area contributed by atoms with Crippen LogP contribution in [0.15, 0.2) is 0 Å². The quantitative estimate of drug-likeness (QED) is 0.302. The van der Waals surface area contributed by atoms with Crippen molar-refractivity contribution in [3.05, 3.63) is 0 Å². The lowest BCUT2D eigenvalue weighted by Gasteiger charge is -2.31. The SMILES string of the molecule is CC(C)C.CC1(C)CC(CN(NC(=O)[C@@H]2[C@H]3CCC[C@H]3CN2C(=O)CNC(=O)[C@@H]2CC2(F)F)C(=O)C(F)Cl)C(=O)N1. The summed E-state index contributed by atoms with van der Waals surface area (Å²) >= 11 is 5.37. The lowest BCUT2D eigenvalue weighted by atomic mass is 9.93. The Morgan fingerprint density at radius 2 is 1.73 bits per heavy atom. The maximum atomic E-state index is 13.8. The summed E-state index contributed by atoms with van der Waals surface area (Å²) < 4.78 is 40.1. The molecule has 0 aromatic carbocycles. The van der Waals surface area contributed by atoms with Gasteiger partial charge in [-0.15, -0.1) is 0 Å². The number of hydrogen-bond acceptors (Lipinski definition) is 5. The molecule has 232 valence electrons. The number of likely N-dealkylation sites (tertiary alicyclic amines) is 1. The normalized spacial score (nSPS) is 29.6. The Morgan fingerprint density at radius 3 is 2.24 bits per heavy atom. The van der Waals surface area contributed by atoms with E-state index in [0.29, 0.717) is 17.9 Å². The number of rotatable bonds is 7. The highest BCUT2D eigenvalue weighted by Crippen LogP contribution is 2.48. The predicted octanol–water partition coefficient (Wildman–Crippen LogP) is 2.36. The Morgan fingerprint density at radius 1 is 1.12 bits per heavy atom.